The summed E-state index contributed by atoms with van der Waals surface area (Å²) in [4.78, 5) is 16.4. The van der Waals surface area contributed by atoms with Crippen molar-refractivity contribution in [2.24, 2.45) is 0 Å². The van der Waals surface area contributed by atoms with E-state index < -0.39 is 11.7 Å². The Balaban J connectivity index is 1.81. The van der Waals surface area contributed by atoms with Gasteiger partial charge in [-0.2, -0.15) is 0 Å². The maximum atomic E-state index is 13.8. The molecule has 0 aliphatic carbocycles. The zero-order valence-corrected chi connectivity index (χ0v) is 12.8. The van der Waals surface area contributed by atoms with Gasteiger partial charge in [0, 0.05) is 11.5 Å². The summed E-state index contributed by atoms with van der Waals surface area (Å²) in [5, 5.41) is 7.32. The highest BCUT2D eigenvalue weighted by Gasteiger charge is 2.17. The van der Waals surface area contributed by atoms with Crippen LogP contribution in [0.2, 0.25) is 0 Å². The number of nitrogens with zero attached hydrogens (tertiary/aromatic N) is 2. The summed E-state index contributed by atoms with van der Waals surface area (Å²) in [6, 6.07) is 9.37. The molecule has 6 heteroatoms. The smallest absolute Gasteiger partial charge is 0.270 e. The van der Waals surface area contributed by atoms with Crippen LogP contribution >= 0.6 is 0 Å². The maximum absolute atomic E-state index is 13.8. The lowest BCUT2D eigenvalue weighted by Gasteiger charge is -2.10. The fourth-order valence-corrected chi connectivity index (χ4v) is 2.28. The molecular formula is C17H16FN3O2. The van der Waals surface area contributed by atoms with Crippen LogP contribution in [0.1, 0.15) is 41.8 Å². The molecule has 3 rings (SSSR count). The molecule has 1 atom stereocenters. The van der Waals surface area contributed by atoms with Gasteiger partial charge in [0.15, 0.2) is 5.76 Å². The van der Waals surface area contributed by atoms with Crippen LogP contribution in [-0.2, 0) is 6.42 Å². The predicted octanol–water partition coefficient (Wildman–Crippen LogP) is 3.42. The number of nitrogens with one attached hydrogen (secondary N) is 1. The van der Waals surface area contributed by atoms with E-state index in [0.29, 0.717) is 11.1 Å². The minimum atomic E-state index is -0.451. The largest absolute Gasteiger partial charge is 0.359 e. The van der Waals surface area contributed by atoms with Crippen molar-refractivity contribution in [1.82, 2.24) is 15.5 Å². The fraction of sp³-hybridized carbons (Fsp3) is 0.235. The van der Waals surface area contributed by atoms with Gasteiger partial charge in [0.05, 0.1) is 11.7 Å². The Morgan fingerprint density at radius 1 is 1.35 bits per heavy atom. The van der Waals surface area contributed by atoms with Crippen molar-refractivity contribution in [3.8, 4) is 0 Å². The molecule has 0 bridgehead atoms. The first-order chi connectivity index (χ1) is 11.1. The van der Waals surface area contributed by atoms with Crippen LogP contribution in [0, 0.1) is 5.82 Å². The van der Waals surface area contributed by atoms with Gasteiger partial charge in [-0.15, -0.1) is 0 Å². The average molecular weight is 313 g/mol. The van der Waals surface area contributed by atoms with Crippen LogP contribution in [0.3, 0.4) is 0 Å². The third-order valence-corrected chi connectivity index (χ3v) is 3.62. The number of aromatic nitrogens is 2. The molecule has 1 N–H and O–H groups in total. The van der Waals surface area contributed by atoms with Gasteiger partial charge in [0.25, 0.3) is 5.91 Å². The van der Waals surface area contributed by atoms with Gasteiger partial charge < -0.3 is 9.84 Å². The van der Waals surface area contributed by atoms with Crippen molar-refractivity contribution in [3.63, 3.8) is 0 Å². The van der Waals surface area contributed by atoms with Crippen LogP contribution in [-0.4, -0.2) is 16.0 Å². The molecule has 0 aliphatic rings. The molecule has 3 aromatic rings. The number of hydrogen-bond acceptors (Lipinski definition) is 4. The Labute approximate surface area is 132 Å². The number of aryl methyl sites for hydroxylation is 1. The van der Waals surface area contributed by atoms with Crippen LogP contribution < -0.4 is 5.32 Å². The van der Waals surface area contributed by atoms with E-state index in [4.69, 9.17) is 4.52 Å². The monoisotopic (exact) mass is 313 g/mol. The number of hydrogen-bond donors (Lipinski definition) is 1. The van der Waals surface area contributed by atoms with Gasteiger partial charge in [0.1, 0.15) is 17.0 Å². The van der Waals surface area contributed by atoms with Crippen molar-refractivity contribution >= 4 is 16.8 Å². The topological polar surface area (TPSA) is 68.0 Å². The fourth-order valence-electron chi connectivity index (χ4n) is 2.28. The number of para-hydroxylation sites is 1. The van der Waals surface area contributed by atoms with Crippen molar-refractivity contribution in [2.75, 3.05) is 0 Å². The van der Waals surface area contributed by atoms with E-state index in [0.717, 1.165) is 12.1 Å². The summed E-state index contributed by atoms with van der Waals surface area (Å²) in [5.41, 5.74) is 1.16. The number of carbonyl (C=O) groups is 1. The summed E-state index contributed by atoms with van der Waals surface area (Å²) in [7, 11) is 0. The second-order valence-corrected chi connectivity index (χ2v) is 5.28. The minimum absolute atomic E-state index is 0.157. The molecule has 0 spiro atoms. The third-order valence-electron chi connectivity index (χ3n) is 3.62. The Morgan fingerprint density at radius 2 is 2.17 bits per heavy atom. The Kier molecular flexibility index (Phi) is 4.06. The van der Waals surface area contributed by atoms with Crippen LogP contribution in [0.4, 0.5) is 4.39 Å². The van der Waals surface area contributed by atoms with Gasteiger partial charge in [-0.1, -0.05) is 30.3 Å². The van der Waals surface area contributed by atoms with E-state index in [9.17, 15) is 9.18 Å². The number of pyridine rings is 1. The summed E-state index contributed by atoms with van der Waals surface area (Å²) in [5.74, 6) is -0.271. The van der Waals surface area contributed by atoms with Gasteiger partial charge in [-0.3, -0.25) is 4.79 Å². The summed E-state index contributed by atoms with van der Waals surface area (Å²) < 4.78 is 19.0. The number of rotatable bonds is 4. The number of carbonyl (C=O) groups excluding carboxylic acids is 1. The lowest BCUT2D eigenvalue weighted by molar-refractivity contribution is 0.0929. The molecule has 0 radical (unpaired) electrons. The molecule has 0 fully saturated rings. The first-order valence-electron chi connectivity index (χ1n) is 7.40. The van der Waals surface area contributed by atoms with Crippen molar-refractivity contribution in [2.45, 2.75) is 26.3 Å². The zero-order chi connectivity index (χ0) is 16.4. The first kappa shape index (κ1) is 15.1. The number of benzene rings is 1. The Bertz CT molecular complexity index is 860. The molecule has 118 valence electrons. The molecular weight excluding hydrogens is 297 g/mol. The standard InChI is InChI=1S/C17H16FN3O2/c1-3-12-9-15(23-21-12)10(2)19-17(22)14-8-7-11-5-4-6-13(18)16(11)20-14/h4-10H,3H2,1-2H3,(H,19,22)/t10-/m0/s1. The summed E-state index contributed by atoms with van der Waals surface area (Å²) in [6.07, 6.45) is 0.760. The molecule has 0 saturated carbocycles. The molecule has 2 aromatic heterocycles. The molecule has 2 heterocycles. The molecule has 0 aliphatic heterocycles. The molecule has 23 heavy (non-hydrogen) atoms. The van der Waals surface area contributed by atoms with E-state index in [1.54, 1.807) is 37.3 Å². The van der Waals surface area contributed by atoms with Gasteiger partial charge >= 0.3 is 0 Å². The third kappa shape index (κ3) is 3.06. The highest BCUT2D eigenvalue weighted by atomic mass is 19.1. The number of fused-ring (bicyclic) bond motifs is 1. The lowest BCUT2D eigenvalue weighted by atomic mass is 10.2. The van der Waals surface area contributed by atoms with Crippen LogP contribution in [0.25, 0.3) is 10.9 Å². The van der Waals surface area contributed by atoms with E-state index in [1.165, 1.54) is 6.07 Å². The SMILES string of the molecule is CCc1cc([C@H](C)NC(=O)c2ccc3cccc(F)c3n2)on1. The van der Waals surface area contributed by atoms with Crippen LogP contribution in [0.5, 0.6) is 0 Å². The normalized spacial score (nSPS) is 12.3. The molecule has 1 amide bonds. The predicted molar refractivity (Wildman–Crippen MR) is 83.5 cm³/mol. The van der Waals surface area contributed by atoms with Gasteiger partial charge in [-0.25, -0.2) is 9.37 Å². The molecule has 0 unspecified atom stereocenters. The number of amides is 1. The average Bonchev–Trinajstić information content (AvgIpc) is 3.04. The quantitative estimate of drug-likeness (QED) is 0.801. The molecule has 0 saturated heterocycles. The van der Waals surface area contributed by atoms with Crippen molar-refractivity contribution in [3.05, 3.63) is 59.4 Å². The highest BCUT2D eigenvalue weighted by molar-refractivity contribution is 5.95. The first-order valence-corrected chi connectivity index (χ1v) is 7.40. The van der Waals surface area contributed by atoms with Crippen molar-refractivity contribution in [1.29, 1.82) is 0 Å². The summed E-state index contributed by atoms with van der Waals surface area (Å²) in [6.45, 7) is 3.76. The van der Waals surface area contributed by atoms with E-state index in [-0.39, 0.29) is 17.3 Å². The van der Waals surface area contributed by atoms with Gasteiger partial charge in [0.2, 0.25) is 0 Å². The highest BCUT2D eigenvalue weighted by Crippen LogP contribution is 2.18. The zero-order valence-electron chi connectivity index (χ0n) is 12.8. The minimum Gasteiger partial charge on any atom is -0.359 e. The maximum Gasteiger partial charge on any atom is 0.270 e. The van der Waals surface area contributed by atoms with Crippen molar-refractivity contribution < 1.29 is 13.7 Å². The number of halogens is 1. The van der Waals surface area contributed by atoms with E-state index in [1.807, 2.05) is 6.92 Å². The van der Waals surface area contributed by atoms with E-state index in [2.05, 4.69) is 15.5 Å². The second kappa shape index (κ2) is 6.16. The Hall–Kier alpha value is -2.76. The summed E-state index contributed by atoms with van der Waals surface area (Å²) >= 11 is 0. The Morgan fingerprint density at radius 3 is 2.91 bits per heavy atom. The lowest BCUT2D eigenvalue weighted by Crippen LogP contribution is -2.27. The van der Waals surface area contributed by atoms with E-state index >= 15 is 0 Å². The van der Waals surface area contributed by atoms with Gasteiger partial charge in [-0.05, 0) is 25.5 Å². The van der Waals surface area contributed by atoms with Crippen LogP contribution in [0.15, 0.2) is 40.9 Å². The second-order valence-electron chi connectivity index (χ2n) is 5.28. The molecule has 5 nitrogen and oxygen atoms in total. The molecule has 1 aromatic carbocycles.